The van der Waals surface area contributed by atoms with E-state index in [1.165, 1.54) is 12.1 Å². The van der Waals surface area contributed by atoms with Crippen LogP contribution in [0.25, 0.3) is 0 Å². The molecule has 14 heteroatoms. The van der Waals surface area contributed by atoms with E-state index in [4.69, 9.17) is 0 Å². The van der Waals surface area contributed by atoms with Gasteiger partial charge in [-0.1, -0.05) is 44.4 Å². The molecular weight excluding hydrogens is 603 g/mol. The van der Waals surface area contributed by atoms with Crippen molar-refractivity contribution in [1.29, 1.82) is 0 Å². The van der Waals surface area contributed by atoms with Crippen molar-refractivity contribution >= 4 is 43.3 Å². The third-order valence-electron chi connectivity index (χ3n) is 6.96. The number of rotatable bonds is 15. The number of aromatic nitrogens is 1. The second kappa shape index (κ2) is 15.2. The van der Waals surface area contributed by atoms with E-state index in [0.29, 0.717) is 37.4 Å². The number of hydrogen-bond acceptors (Lipinski definition) is 9. The molecule has 0 aliphatic carbocycles. The lowest BCUT2D eigenvalue weighted by atomic mass is 10.1. The number of aliphatic hydroxyl groups is 1. The quantitative estimate of drug-likeness (QED) is 0.181. The average Bonchev–Trinajstić information content (AvgIpc) is 3.32. The summed E-state index contributed by atoms with van der Waals surface area (Å²) in [6.07, 6.45) is 7.49. The average molecular weight is 642 g/mol. The van der Waals surface area contributed by atoms with Crippen molar-refractivity contribution in [3.8, 4) is 0 Å². The largest absolute Gasteiger partial charge is 0.387 e. The Kier molecular flexibility index (Phi) is 11.4. The SMILES string of the molecule is CCCCCCN(C)C1=NS(=O)(=O)N=C1Nc1ccc(S(=O)(=O)Nc2ccc(CCNCC(O)c3cccnc3)cc2)cc1. The van der Waals surface area contributed by atoms with E-state index in [9.17, 15) is 21.9 Å². The lowest BCUT2D eigenvalue weighted by Crippen LogP contribution is -2.36. The van der Waals surface area contributed by atoms with Crippen molar-refractivity contribution in [2.24, 2.45) is 8.80 Å². The molecule has 1 aromatic heterocycles. The summed E-state index contributed by atoms with van der Waals surface area (Å²) in [5, 5.41) is 16.4. The number of likely N-dealkylation sites (N-methyl/N-ethyl adjacent to an activating group) is 1. The van der Waals surface area contributed by atoms with E-state index in [-0.39, 0.29) is 16.6 Å². The van der Waals surface area contributed by atoms with E-state index in [1.807, 2.05) is 18.2 Å². The molecule has 0 radical (unpaired) electrons. The minimum atomic E-state index is -3.98. The van der Waals surface area contributed by atoms with Crippen LogP contribution in [0.5, 0.6) is 0 Å². The molecule has 1 aliphatic heterocycles. The number of nitrogens with zero attached hydrogens (tertiary/aromatic N) is 4. The van der Waals surface area contributed by atoms with E-state index >= 15 is 0 Å². The Labute approximate surface area is 259 Å². The number of pyridine rings is 1. The molecule has 0 saturated carbocycles. The molecule has 4 rings (SSSR count). The van der Waals surface area contributed by atoms with Gasteiger partial charge in [0.05, 0.1) is 11.0 Å². The zero-order valence-electron chi connectivity index (χ0n) is 24.8. The van der Waals surface area contributed by atoms with Crippen LogP contribution in [-0.2, 0) is 26.7 Å². The monoisotopic (exact) mass is 641 g/mol. The first-order chi connectivity index (χ1) is 21.1. The van der Waals surface area contributed by atoms with Gasteiger partial charge in [0.2, 0.25) is 0 Å². The predicted octanol–water partition coefficient (Wildman–Crippen LogP) is 3.73. The van der Waals surface area contributed by atoms with Crippen LogP contribution in [0.4, 0.5) is 11.4 Å². The first-order valence-corrected chi connectivity index (χ1v) is 17.4. The molecule has 0 spiro atoms. The fourth-order valence-corrected chi connectivity index (χ4v) is 6.41. The summed E-state index contributed by atoms with van der Waals surface area (Å²) in [7, 11) is -6.08. The molecule has 4 N–H and O–H groups in total. The number of aliphatic hydroxyl groups excluding tert-OH is 1. The van der Waals surface area contributed by atoms with Gasteiger partial charge in [0.15, 0.2) is 11.7 Å². The standard InChI is InChI=1S/C30H39N7O5S2/c1-3-4-5-6-20-37(2)30-29(35-44(41,42)36-30)33-25-13-15-27(16-14-25)43(39,40)34-26-11-9-23(10-12-26)17-19-32-22-28(38)24-8-7-18-31-21-24/h7-16,18,21,28,32,34,38H,3-6,17,19-20,22H2,1-2H3,(H,33,35). The van der Waals surface area contributed by atoms with E-state index in [0.717, 1.165) is 36.8 Å². The molecule has 0 amide bonds. The van der Waals surface area contributed by atoms with Gasteiger partial charge in [-0.3, -0.25) is 9.71 Å². The fourth-order valence-electron chi connectivity index (χ4n) is 4.51. The first-order valence-electron chi connectivity index (χ1n) is 14.5. The van der Waals surface area contributed by atoms with Crippen LogP contribution in [0.15, 0.2) is 86.7 Å². The molecule has 1 aliphatic rings. The van der Waals surface area contributed by atoms with Gasteiger partial charge in [0, 0.05) is 49.5 Å². The summed E-state index contributed by atoms with van der Waals surface area (Å²) in [5.41, 5.74) is 2.65. The van der Waals surface area contributed by atoms with Crippen molar-refractivity contribution in [2.75, 3.05) is 36.7 Å². The summed E-state index contributed by atoms with van der Waals surface area (Å²) in [5.74, 6) is 0.318. The fraction of sp³-hybridized carbons (Fsp3) is 0.367. The number of amidine groups is 2. The van der Waals surface area contributed by atoms with Crippen LogP contribution >= 0.6 is 0 Å². The Morgan fingerprint density at radius 2 is 1.68 bits per heavy atom. The van der Waals surface area contributed by atoms with Crippen LogP contribution in [-0.4, -0.2) is 70.2 Å². The highest BCUT2D eigenvalue weighted by Crippen LogP contribution is 2.20. The highest BCUT2D eigenvalue weighted by Gasteiger charge is 2.27. The van der Waals surface area contributed by atoms with E-state index in [2.05, 4.69) is 36.1 Å². The summed E-state index contributed by atoms with van der Waals surface area (Å²) in [6, 6.07) is 16.7. The number of nitrogens with one attached hydrogen (secondary N) is 3. The van der Waals surface area contributed by atoms with Crippen molar-refractivity contribution in [3.63, 3.8) is 0 Å². The minimum Gasteiger partial charge on any atom is -0.387 e. The van der Waals surface area contributed by atoms with Crippen LogP contribution in [0.1, 0.15) is 49.8 Å². The summed E-state index contributed by atoms with van der Waals surface area (Å²) >= 11 is 0. The maximum absolute atomic E-state index is 13.0. The Hall–Kier alpha value is -3.85. The molecule has 2 aromatic carbocycles. The van der Waals surface area contributed by atoms with Gasteiger partial charge in [-0.05, 0) is 67.4 Å². The van der Waals surface area contributed by atoms with E-state index in [1.54, 1.807) is 54.7 Å². The molecule has 236 valence electrons. The molecule has 44 heavy (non-hydrogen) atoms. The summed E-state index contributed by atoms with van der Waals surface area (Å²) in [6.45, 7) is 3.80. The first kappa shape index (κ1) is 33.1. The van der Waals surface area contributed by atoms with E-state index < -0.39 is 26.3 Å². The third kappa shape index (κ3) is 9.58. The number of benzene rings is 2. The van der Waals surface area contributed by atoms with Gasteiger partial charge >= 0.3 is 10.2 Å². The van der Waals surface area contributed by atoms with Gasteiger partial charge in [0.25, 0.3) is 10.0 Å². The predicted molar refractivity (Wildman–Crippen MR) is 174 cm³/mol. The smallest absolute Gasteiger partial charge is 0.367 e. The highest BCUT2D eigenvalue weighted by molar-refractivity contribution is 7.92. The Bertz CT molecular complexity index is 1650. The molecule has 3 aromatic rings. The highest BCUT2D eigenvalue weighted by atomic mass is 32.2. The zero-order valence-corrected chi connectivity index (χ0v) is 26.5. The molecule has 12 nitrogen and oxygen atoms in total. The number of sulfonamides is 1. The molecule has 2 heterocycles. The molecule has 1 unspecified atom stereocenters. The maximum atomic E-state index is 13.0. The maximum Gasteiger partial charge on any atom is 0.367 e. The number of anilines is 2. The van der Waals surface area contributed by atoms with Crippen molar-refractivity contribution < 1.29 is 21.9 Å². The minimum absolute atomic E-state index is 0.0476. The molecule has 0 bridgehead atoms. The summed E-state index contributed by atoms with van der Waals surface area (Å²) < 4.78 is 60.3. The van der Waals surface area contributed by atoms with Gasteiger partial charge < -0.3 is 20.6 Å². The van der Waals surface area contributed by atoms with Crippen LogP contribution in [0.2, 0.25) is 0 Å². The van der Waals surface area contributed by atoms with Crippen LogP contribution < -0.4 is 15.4 Å². The van der Waals surface area contributed by atoms with Gasteiger partial charge in [-0.25, -0.2) is 8.42 Å². The Balaban J connectivity index is 1.29. The lowest BCUT2D eigenvalue weighted by Gasteiger charge is -2.20. The second-order valence-corrected chi connectivity index (χ2v) is 13.4. The molecule has 0 saturated heterocycles. The summed E-state index contributed by atoms with van der Waals surface area (Å²) in [4.78, 5) is 5.82. The number of hydrogen-bond donors (Lipinski definition) is 4. The van der Waals surface area contributed by atoms with Crippen molar-refractivity contribution in [1.82, 2.24) is 15.2 Å². The molecular formula is C30H39N7O5S2. The van der Waals surface area contributed by atoms with Crippen LogP contribution in [0, 0.1) is 0 Å². The van der Waals surface area contributed by atoms with Gasteiger partial charge in [0.1, 0.15) is 0 Å². The third-order valence-corrected chi connectivity index (χ3v) is 9.17. The van der Waals surface area contributed by atoms with Crippen molar-refractivity contribution in [2.45, 2.75) is 50.0 Å². The zero-order chi connectivity index (χ0) is 31.6. The van der Waals surface area contributed by atoms with Gasteiger partial charge in [-0.15, -0.1) is 8.80 Å². The Morgan fingerprint density at radius 1 is 0.955 bits per heavy atom. The molecule has 0 fully saturated rings. The normalized spacial score (nSPS) is 14.9. The van der Waals surface area contributed by atoms with Gasteiger partial charge in [-0.2, -0.15) is 8.42 Å². The topological polar surface area (TPSA) is 165 Å². The molecule has 1 atom stereocenters. The van der Waals surface area contributed by atoms with Crippen LogP contribution in [0.3, 0.4) is 0 Å². The second-order valence-electron chi connectivity index (χ2n) is 10.5. The van der Waals surface area contributed by atoms with Crippen molar-refractivity contribution in [3.05, 3.63) is 84.2 Å². The lowest BCUT2D eigenvalue weighted by molar-refractivity contribution is 0.174. The Morgan fingerprint density at radius 3 is 2.36 bits per heavy atom. The number of unbranched alkanes of at least 4 members (excludes halogenated alkanes) is 3.